The molecule has 0 aliphatic heterocycles. The standard InChI is InChI=1S/C30H18F4O4/c1-15-21(9-11-25(31)27(15)33)29(35)37-19-7-5-17-3-4-18-6-8-20(14-24(18)23(17)13-19)38-30(36)22-10-12-26(32)28(34)16(22)2/h3-14H,1-2H3. The quantitative estimate of drug-likeness (QED) is 0.106. The second-order valence-electron chi connectivity index (χ2n) is 8.68. The van der Waals surface area contributed by atoms with Gasteiger partial charge < -0.3 is 9.47 Å². The highest BCUT2D eigenvalue weighted by Gasteiger charge is 2.19. The summed E-state index contributed by atoms with van der Waals surface area (Å²) >= 11 is 0. The van der Waals surface area contributed by atoms with Gasteiger partial charge in [0, 0.05) is 11.1 Å². The van der Waals surface area contributed by atoms with Gasteiger partial charge in [-0.1, -0.05) is 24.3 Å². The molecular weight excluding hydrogens is 500 g/mol. The zero-order chi connectivity index (χ0) is 27.1. The van der Waals surface area contributed by atoms with Crippen molar-refractivity contribution in [1.82, 2.24) is 0 Å². The highest BCUT2D eigenvalue weighted by atomic mass is 19.2. The number of carbonyl (C=O) groups excluding carboxylic acids is 2. The van der Waals surface area contributed by atoms with Crippen molar-refractivity contribution in [3.05, 3.63) is 118 Å². The molecule has 0 aromatic heterocycles. The Kier molecular flexibility index (Phi) is 6.32. The van der Waals surface area contributed by atoms with E-state index < -0.39 is 35.2 Å². The summed E-state index contributed by atoms with van der Waals surface area (Å²) in [5.74, 6) is -5.73. The predicted octanol–water partition coefficient (Wildman–Crippen LogP) is 7.60. The van der Waals surface area contributed by atoms with Crippen LogP contribution in [0.15, 0.2) is 72.8 Å². The van der Waals surface area contributed by atoms with Crippen LogP contribution in [-0.4, -0.2) is 11.9 Å². The first-order valence-electron chi connectivity index (χ1n) is 11.4. The summed E-state index contributed by atoms with van der Waals surface area (Å²) in [5.41, 5.74) is -0.541. The van der Waals surface area contributed by atoms with Crippen LogP contribution in [-0.2, 0) is 0 Å². The van der Waals surface area contributed by atoms with E-state index in [4.69, 9.17) is 9.47 Å². The smallest absolute Gasteiger partial charge is 0.343 e. The molecule has 0 N–H and O–H groups in total. The van der Waals surface area contributed by atoms with Gasteiger partial charge in [-0.15, -0.1) is 0 Å². The summed E-state index contributed by atoms with van der Waals surface area (Å²) in [5, 5.41) is 2.91. The van der Waals surface area contributed by atoms with Gasteiger partial charge in [0.05, 0.1) is 11.1 Å². The first-order chi connectivity index (χ1) is 18.1. The van der Waals surface area contributed by atoms with Gasteiger partial charge in [0.2, 0.25) is 0 Å². The lowest BCUT2D eigenvalue weighted by molar-refractivity contribution is 0.0723. The van der Waals surface area contributed by atoms with Gasteiger partial charge in [-0.05, 0) is 83.9 Å². The Labute approximate surface area is 214 Å². The molecule has 0 fully saturated rings. The minimum absolute atomic E-state index is 0.108. The maximum Gasteiger partial charge on any atom is 0.343 e. The molecule has 4 nitrogen and oxygen atoms in total. The van der Waals surface area contributed by atoms with Crippen molar-refractivity contribution in [2.75, 3.05) is 0 Å². The Morgan fingerprint density at radius 2 is 0.921 bits per heavy atom. The molecule has 0 amide bonds. The lowest BCUT2D eigenvalue weighted by Crippen LogP contribution is -2.12. The van der Waals surface area contributed by atoms with Crippen LogP contribution < -0.4 is 9.47 Å². The Morgan fingerprint density at radius 1 is 0.553 bits per heavy atom. The molecule has 0 aliphatic carbocycles. The van der Waals surface area contributed by atoms with E-state index in [0.717, 1.165) is 35.0 Å². The molecule has 0 heterocycles. The van der Waals surface area contributed by atoms with Gasteiger partial charge in [0.25, 0.3) is 0 Å². The molecular formula is C30H18F4O4. The average Bonchev–Trinajstić information content (AvgIpc) is 2.90. The maximum atomic E-state index is 13.9. The molecule has 5 rings (SSSR count). The van der Waals surface area contributed by atoms with Gasteiger partial charge in [-0.25, -0.2) is 27.2 Å². The fourth-order valence-electron chi connectivity index (χ4n) is 4.20. The van der Waals surface area contributed by atoms with E-state index in [0.29, 0.717) is 10.8 Å². The zero-order valence-electron chi connectivity index (χ0n) is 20.1. The Morgan fingerprint density at radius 3 is 1.32 bits per heavy atom. The van der Waals surface area contributed by atoms with Crippen molar-refractivity contribution < 1.29 is 36.6 Å². The average molecular weight is 518 g/mol. The highest BCUT2D eigenvalue weighted by Crippen LogP contribution is 2.32. The SMILES string of the molecule is Cc1c(C(=O)Oc2ccc3ccc4ccc(OC(=O)c5ccc(F)c(F)c5C)cc4c3c2)ccc(F)c1F. The molecule has 0 aliphatic rings. The molecule has 0 radical (unpaired) electrons. The molecule has 0 saturated heterocycles. The Bertz CT molecular complexity index is 1650. The molecule has 0 atom stereocenters. The molecule has 5 aromatic rings. The third-order valence-electron chi connectivity index (χ3n) is 6.32. The number of ether oxygens (including phenoxy) is 2. The Hall–Kier alpha value is -4.72. The number of halogens is 4. The van der Waals surface area contributed by atoms with Crippen LogP contribution in [0.3, 0.4) is 0 Å². The summed E-state index contributed by atoms with van der Waals surface area (Å²) in [7, 11) is 0. The van der Waals surface area contributed by atoms with Crippen molar-refractivity contribution in [3.63, 3.8) is 0 Å². The summed E-state index contributed by atoms with van der Waals surface area (Å²) in [4.78, 5) is 25.3. The number of rotatable bonds is 4. The zero-order valence-corrected chi connectivity index (χ0v) is 20.1. The number of hydrogen-bond donors (Lipinski definition) is 0. The fraction of sp³-hybridized carbons (Fsp3) is 0.0667. The van der Waals surface area contributed by atoms with Crippen molar-refractivity contribution in [2.45, 2.75) is 13.8 Å². The predicted molar refractivity (Wildman–Crippen MR) is 134 cm³/mol. The second-order valence-corrected chi connectivity index (χ2v) is 8.68. The minimum atomic E-state index is -1.12. The molecule has 5 aromatic carbocycles. The van der Waals surface area contributed by atoms with E-state index in [1.165, 1.54) is 13.8 Å². The number of hydrogen-bond acceptors (Lipinski definition) is 4. The van der Waals surface area contributed by atoms with E-state index in [-0.39, 0.29) is 33.8 Å². The summed E-state index contributed by atoms with van der Waals surface area (Å²) in [6, 6.07) is 17.5. The lowest BCUT2D eigenvalue weighted by atomic mass is 10.0. The van der Waals surface area contributed by atoms with Crippen molar-refractivity contribution in [1.29, 1.82) is 0 Å². The van der Waals surface area contributed by atoms with Gasteiger partial charge in [0.1, 0.15) is 11.5 Å². The Balaban J connectivity index is 1.49. The van der Waals surface area contributed by atoms with Gasteiger partial charge in [0.15, 0.2) is 23.3 Å². The van der Waals surface area contributed by atoms with Crippen LogP contribution in [0.4, 0.5) is 17.6 Å². The van der Waals surface area contributed by atoms with Crippen molar-refractivity contribution >= 4 is 33.5 Å². The molecule has 0 unspecified atom stereocenters. The van der Waals surface area contributed by atoms with Crippen LogP contribution >= 0.6 is 0 Å². The van der Waals surface area contributed by atoms with Crippen LogP contribution in [0.25, 0.3) is 21.5 Å². The maximum absolute atomic E-state index is 13.9. The summed E-state index contributed by atoms with van der Waals surface area (Å²) in [6.45, 7) is 2.57. The van der Waals surface area contributed by atoms with E-state index in [2.05, 4.69) is 0 Å². The van der Waals surface area contributed by atoms with Gasteiger partial charge >= 0.3 is 11.9 Å². The van der Waals surface area contributed by atoms with E-state index in [1.807, 2.05) is 12.1 Å². The van der Waals surface area contributed by atoms with E-state index >= 15 is 0 Å². The highest BCUT2D eigenvalue weighted by molar-refractivity contribution is 6.09. The largest absolute Gasteiger partial charge is 0.423 e. The minimum Gasteiger partial charge on any atom is -0.423 e. The monoisotopic (exact) mass is 518 g/mol. The van der Waals surface area contributed by atoms with Crippen molar-refractivity contribution in [3.8, 4) is 11.5 Å². The van der Waals surface area contributed by atoms with Gasteiger partial charge in [-0.3, -0.25) is 0 Å². The summed E-state index contributed by atoms with van der Waals surface area (Å²) < 4.78 is 65.6. The molecule has 8 heteroatoms. The number of benzene rings is 5. The lowest BCUT2D eigenvalue weighted by Gasteiger charge is -2.11. The normalized spacial score (nSPS) is 11.1. The first-order valence-corrected chi connectivity index (χ1v) is 11.4. The third kappa shape index (κ3) is 4.45. The van der Waals surface area contributed by atoms with E-state index in [1.54, 1.807) is 36.4 Å². The first kappa shape index (κ1) is 25.0. The van der Waals surface area contributed by atoms with Crippen LogP contribution in [0.1, 0.15) is 31.8 Å². The number of fused-ring (bicyclic) bond motifs is 3. The third-order valence-corrected chi connectivity index (χ3v) is 6.32. The molecule has 0 spiro atoms. The van der Waals surface area contributed by atoms with Crippen LogP contribution in [0.5, 0.6) is 11.5 Å². The van der Waals surface area contributed by atoms with Crippen LogP contribution in [0, 0.1) is 37.1 Å². The number of esters is 2. The summed E-state index contributed by atoms with van der Waals surface area (Å²) in [6.07, 6.45) is 0. The van der Waals surface area contributed by atoms with Crippen molar-refractivity contribution in [2.24, 2.45) is 0 Å². The molecule has 0 bridgehead atoms. The van der Waals surface area contributed by atoms with E-state index in [9.17, 15) is 27.2 Å². The fourth-order valence-corrected chi connectivity index (χ4v) is 4.20. The van der Waals surface area contributed by atoms with Gasteiger partial charge in [-0.2, -0.15) is 0 Å². The molecule has 0 saturated carbocycles. The second kappa shape index (κ2) is 9.63. The number of carbonyl (C=O) groups is 2. The topological polar surface area (TPSA) is 52.6 Å². The molecule has 38 heavy (non-hydrogen) atoms. The van der Waals surface area contributed by atoms with Crippen LogP contribution in [0.2, 0.25) is 0 Å². The molecule has 190 valence electrons.